The molecule has 3 rings (SSSR count). The molecule has 168 valence electrons. The van der Waals surface area contributed by atoms with Gasteiger partial charge in [-0.05, 0) is 38.0 Å². The lowest BCUT2D eigenvalue weighted by Crippen LogP contribution is -2.45. The summed E-state index contributed by atoms with van der Waals surface area (Å²) < 4.78 is 33.2. The molecule has 0 aromatic heterocycles. The predicted octanol–water partition coefficient (Wildman–Crippen LogP) is 6.12. The molecule has 0 radical (unpaired) electrons. The molecule has 2 aromatic carbocycles. The first kappa shape index (κ1) is 23.3. The Balaban J connectivity index is 2.01. The number of benzene rings is 2. The van der Waals surface area contributed by atoms with E-state index in [-0.39, 0.29) is 4.90 Å². The molecule has 1 heterocycles. The molecule has 0 spiro atoms. The molecule has 1 fully saturated rings. The number of carbonyl (C=O) groups excluding carboxylic acids is 1. The second-order valence-electron chi connectivity index (χ2n) is 8.71. The van der Waals surface area contributed by atoms with Crippen LogP contribution in [0, 0.1) is 0 Å². The fraction of sp³-hybridized carbons (Fsp3) is 0.480. The Morgan fingerprint density at radius 2 is 1.52 bits per heavy atom. The van der Waals surface area contributed by atoms with Gasteiger partial charge in [0.2, 0.25) is 0 Å². The summed E-state index contributed by atoms with van der Waals surface area (Å²) in [4.78, 5) is 14.8. The third kappa shape index (κ3) is 5.12. The van der Waals surface area contributed by atoms with E-state index in [0.717, 1.165) is 37.7 Å². The molecule has 0 bridgehead atoms. The highest BCUT2D eigenvalue weighted by Gasteiger charge is 2.53. The summed E-state index contributed by atoms with van der Waals surface area (Å²) in [6, 6.07) is 17.5. The van der Waals surface area contributed by atoms with Crippen LogP contribution < -0.4 is 0 Å². The monoisotopic (exact) mass is 443 g/mol. The van der Waals surface area contributed by atoms with Gasteiger partial charge in [-0.1, -0.05) is 87.6 Å². The molecular weight excluding hydrogens is 410 g/mol. The zero-order valence-corrected chi connectivity index (χ0v) is 19.5. The van der Waals surface area contributed by atoms with E-state index in [0.29, 0.717) is 6.42 Å². The van der Waals surface area contributed by atoms with Gasteiger partial charge in [-0.2, -0.15) is 0 Å². The Labute approximate surface area is 186 Å². The van der Waals surface area contributed by atoms with Crippen molar-refractivity contribution in [1.29, 1.82) is 0 Å². The summed E-state index contributed by atoms with van der Waals surface area (Å²) in [7, 11) is -3.78. The predicted molar refractivity (Wildman–Crippen MR) is 122 cm³/mol. The minimum atomic E-state index is -3.78. The van der Waals surface area contributed by atoms with E-state index in [1.165, 1.54) is 4.90 Å². The zero-order chi connectivity index (χ0) is 22.5. The van der Waals surface area contributed by atoms with Crippen LogP contribution in [0.4, 0.5) is 4.79 Å². The number of amides is 1. The van der Waals surface area contributed by atoms with Crippen LogP contribution in [0.3, 0.4) is 0 Å². The smallest absolute Gasteiger partial charge is 0.412 e. The Bertz CT molecular complexity index is 958. The minimum absolute atomic E-state index is 0.234. The van der Waals surface area contributed by atoms with E-state index in [2.05, 4.69) is 6.92 Å². The van der Waals surface area contributed by atoms with Crippen LogP contribution in [0.25, 0.3) is 0 Å². The van der Waals surface area contributed by atoms with E-state index in [9.17, 15) is 13.2 Å². The van der Waals surface area contributed by atoms with Gasteiger partial charge < -0.3 is 4.74 Å². The van der Waals surface area contributed by atoms with Crippen molar-refractivity contribution in [1.82, 2.24) is 4.90 Å². The molecule has 2 aromatic rings. The Morgan fingerprint density at radius 1 is 0.935 bits per heavy atom. The van der Waals surface area contributed by atoms with Crippen molar-refractivity contribution in [2.75, 3.05) is 0 Å². The van der Waals surface area contributed by atoms with Gasteiger partial charge in [-0.25, -0.2) is 13.2 Å². The number of carbonyl (C=O) groups is 1. The van der Waals surface area contributed by atoms with Crippen molar-refractivity contribution >= 4 is 15.9 Å². The molecule has 0 N–H and O–H groups in total. The maximum absolute atomic E-state index is 13.7. The number of ether oxygens (including phenoxy) is 1. The second-order valence-corrected chi connectivity index (χ2v) is 10.8. The maximum atomic E-state index is 13.7. The summed E-state index contributed by atoms with van der Waals surface area (Å²) in [5, 5.41) is -0.976. The average Bonchev–Trinajstić information content (AvgIpc) is 2.99. The van der Waals surface area contributed by atoms with Crippen LogP contribution in [0.2, 0.25) is 0 Å². The van der Waals surface area contributed by atoms with E-state index < -0.39 is 32.9 Å². The van der Waals surface area contributed by atoms with Gasteiger partial charge in [0.15, 0.2) is 9.84 Å². The van der Waals surface area contributed by atoms with Gasteiger partial charge in [0.05, 0.1) is 4.90 Å². The fourth-order valence-corrected chi connectivity index (χ4v) is 6.22. The molecule has 5 nitrogen and oxygen atoms in total. The van der Waals surface area contributed by atoms with Gasteiger partial charge in [0.25, 0.3) is 0 Å². The largest absolute Gasteiger partial charge is 0.441 e. The fourth-order valence-electron chi connectivity index (χ4n) is 4.39. The van der Waals surface area contributed by atoms with Gasteiger partial charge in [-0.15, -0.1) is 0 Å². The molecular formula is C25H33NO4S. The molecule has 1 saturated heterocycles. The van der Waals surface area contributed by atoms with Gasteiger partial charge >= 0.3 is 6.09 Å². The second kappa shape index (κ2) is 9.86. The topological polar surface area (TPSA) is 63.7 Å². The third-order valence-corrected chi connectivity index (χ3v) is 8.02. The molecule has 31 heavy (non-hydrogen) atoms. The van der Waals surface area contributed by atoms with Crippen molar-refractivity contribution in [2.24, 2.45) is 0 Å². The number of hydrogen-bond donors (Lipinski definition) is 0. The van der Waals surface area contributed by atoms with Crippen LogP contribution in [0.5, 0.6) is 0 Å². The van der Waals surface area contributed by atoms with Crippen molar-refractivity contribution in [2.45, 2.75) is 81.2 Å². The van der Waals surface area contributed by atoms with E-state index >= 15 is 0 Å². The molecule has 2 atom stereocenters. The van der Waals surface area contributed by atoms with Crippen LogP contribution >= 0.6 is 0 Å². The van der Waals surface area contributed by atoms with Crippen LogP contribution in [0.1, 0.15) is 70.9 Å². The highest BCUT2D eigenvalue weighted by molar-refractivity contribution is 7.92. The molecule has 1 aliphatic heterocycles. The van der Waals surface area contributed by atoms with E-state index in [4.69, 9.17) is 4.74 Å². The van der Waals surface area contributed by atoms with E-state index in [1.807, 2.05) is 44.2 Å². The molecule has 0 aliphatic carbocycles. The van der Waals surface area contributed by atoms with Gasteiger partial charge in [0, 0.05) is 0 Å². The van der Waals surface area contributed by atoms with Crippen molar-refractivity contribution in [3.8, 4) is 0 Å². The summed E-state index contributed by atoms with van der Waals surface area (Å²) in [5.74, 6) is 0. The number of sulfone groups is 1. The summed E-state index contributed by atoms with van der Waals surface area (Å²) in [6.45, 7) is 5.83. The molecule has 6 heteroatoms. The number of hydrogen-bond acceptors (Lipinski definition) is 4. The average molecular weight is 444 g/mol. The number of rotatable bonds is 10. The van der Waals surface area contributed by atoms with Crippen molar-refractivity contribution in [3.05, 3.63) is 66.2 Å². The SMILES string of the molecule is CCCCCCCC(N1C(=O)OC(C)(C)[C@H]1c1ccccc1)S(=O)(=O)c1ccccc1. The van der Waals surface area contributed by atoms with Crippen molar-refractivity contribution in [3.63, 3.8) is 0 Å². The lowest BCUT2D eigenvalue weighted by molar-refractivity contribution is 0.0673. The summed E-state index contributed by atoms with van der Waals surface area (Å²) in [5.41, 5.74) is 0.0306. The maximum Gasteiger partial charge on any atom is 0.412 e. The van der Waals surface area contributed by atoms with Crippen LogP contribution in [0.15, 0.2) is 65.6 Å². The number of cyclic esters (lactones) is 1. The Kier molecular flexibility index (Phi) is 7.42. The van der Waals surface area contributed by atoms with Crippen LogP contribution in [-0.4, -0.2) is 30.4 Å². The van der Waals surface area contributed by atoms with Gasteiger partial charge in [0.1, 0.15) is 17.0 Å². The molecule has 1 aliphatic rings. The molecule has 0 saturated carbocycles. The number of nitrogens with zero attached hydrogens (tertiary/aromatic N) is 1. The lowest BCUT2D eigenvalue weighted by Gasteiger charge is -2.34. The van der Waals surface area contributed by atoms with Crippen molar-refractivity contribution < 1.29 is 17.9 Å². The Morgan fingerprint density at radius 3 is 2.13 bits per heavy atom. The summed E-state index contributed by atoms with van der Waals surface area (Å²) >= 11 is 0. The van der Waals surface area contributed by atoms with E-state index in [1.54, 1.807) is 30.3 Å². The third-order valence-electron chi connectivity index (χ3n) is 5.91. The normalized spacial score (nSPS) is 19.3. The zero-order valence-electron chi connectivity index (χ0n) is 18.7. The van der Waals surface area contributed by atoms with Gasteiger partial charge in [-0.3, -0.25) is 4.90 Å². The highest BCUT2D eigenvalue weighted by Crippen LogP contribution is 2.44. The Hall–Kier alpha value is -2.34. The minimum Gasteiger partial charge on any atom is -0.441 e. The quantitative estimate of drug-likeness (QED) is 0.415. The highest BCUT2D eigenvalue weighted by atomic mass is 32.2. The standard InChI is InChI=1S/C25H33NO4S/c1-4-5-6-7-14-19-22(31(28,29)21-17-12-9-13-18-21)26-23(20-15-10-8-11-16-20)25(2,3)30-24(26)27/h8-13,15-18,22-23H,4-7,14,19H2,1-3H3/t22?,23-/m1/s1. The van der Waals surface area contributed by atoms with Crippen LogP contribution in [-0.2, 0) is 14.6 Å². The summed E-state index contributed by atoms with van der Waals surface area (Å²) in [6.07, 6.45) is 4.80. The first-order valence-electron chi connectivity index (χ1n) is 11.1. The first-order chi connectivity index (χ1) is 14.8. The molecule has 1 unspecified atom stereocenters. The lowest BCUT2D eigenvalue weighted by atomic mass is 9.91. The number of unbranched alkanes of at least 4 members (excludes halogenated alkanes) is 4. The molecule has 1 amide bonds. The first-order valence-corrected chi connectivity index (χ1v) is 12.7.